The molecule has 6 heteroatoms. The molecule has 0 saturated carbocycles. The first-order valence-electron chi connectivity index (χ1n) is 5.92. The second-order valence-electron chi connectivity index (χ2n) is 4.41. The first kappa shape index (κ1) is 14.9. The number of hydrogen-bond acceptors (Lipinski definition) is 6. The lowest BCUT2D eigenvalue weighted by molar-refractivity contribution is -0.246. The molecule has 0 aromatic rings. The van der Waals surface area contributed by atoms with E-state index in [0.29, 0.717) is 6.42 Å². The standard InChI is InChI=1S/C12H20O6/c1-7-11(15-4)5-10(6-16-8(2)13)18-12(7)17-9(3)14/h7,10-12H,5-6H2,1-4H3/t7?,10?,11-,12+/m1/s1. The maximum absolute atomic E-state index is 11.0. The van der Waals surface area contributed by atoms with E-state index in [9.17, 15) is 9.59 Å². The third-order valence-electron chi connectivity index (χ3n) is 2.89. The molecule has 0 N–H and O–H groups in total. The van der Waals surface area contributed by atoms with Crippen LogP contribution in [0.1, 0.15) is 27.2 Å². The number of methoxy groups -OCH3 is 1. The van der Waals surface area contributed by atoms with Crippen LogP contribution in [0.15, 0.2) is 0 Å². The van der Waals surface area contributed by atoms with Crippen molar-refractivity contribution < 1.29 is 28.5 Å². The molecule has 1 rings (SSSR count). The highest BCUT2D eigenvalue weighted by atomic mass is 16.7. The molecule has 1 saturated heterocycles. The molecule has 1 fully saturated rings. The molecule has 0 spiro atoms. The van der Waals surface area contributed by atoms with Gasteiger partial charge in [-0.05, 0) is 0 Å². The van der Waals surface area contributed by atoms with Gasteiger partial charge in [-0.2, -0.15) is 0 Å². The van der Waals surface area contributed by atoms with Crippen molar-refractivity contribution in [3.63, 3.8) is 0 Å². The van der Waals surface area contributed by atoms with Gasteiger partial charge in [0.2, 0.25) is 6.29 Å². The minimum atomic E-state index is -0.665. The summed E-state index contributed by atoms with van der Waals surface area (Å²) in [4.78, 5) is 21.8. The summed E-state index contributed by atoms with van der Waals surface area (Å²) in [5.41, 5.74) is 0. The van der Waals surface area contributed by atoms with Crippen molar-refractivity contribution in [3.8, 4) is 0 Å². The third-order valence-corrected chi connectivity index (χ3v) is 2.89. The molecule has 0 amide bonds. The molecule has 4 atom stereocenters. The molecule has 2 unspecified atom stereocenters. The van der Waals surface area contributed by atoms with Gasteiger partial charge in [0.1, 0.15) is 6.61 Å². The van der Waals surface area contributed by atoms with Gasteiger partial charge in [0, 0.05) is 33.3 Å². The van der Waals surface area contributed by atoms with Crippen LogP contribution in [0.2, 0.25) is 0 Å². The summed E-state index contributed by atoms with van der Waals surface area (Å²) in [6.07, 6.45) is -0.479. The van der Waals surface area contributed by atoms with E-state index < -0.39 is 12.3 Å². The highest BCUT2D eigenvalue weighted by Gasteiger charge is 2.38. The van der Waals surface area contributed by atoms with E-state index in [1.165, 1.54) is 13.8 Å². The molecular formula is C12H20O6. The maximum Gasteiger partial charge on any atom is 0.304 e. The Morgan fingerprint density at radius 3 is 2.44 bits per heavy atom. The van der Waals surface area contributed by atoms with E-state index in [1.54, 1.807) is 7.11 Å². The second-order valence-corrected chi connectivity index (χ2v) is 4.41. The molecule has 0 aromatic carbocycles. The minimum Gasteiger partial charge on any atom is -0.463 e. The number of carbonyl (C=O) groups is 2. The number of carbonyl (C=O) groups excluding carboxylic acids is 2. The third kappa shape index (κ3) is 4.27. The van der Waals surface area contributed by atoms with Crippen LogP contribution in [0, 0.1) is 5.92 Å². The molecule has 1 aliphatic heterocycles. The van der Waals surface area contributed by atoms with E-state index in [1.807, 2.05) is 6.92 Å². The zero-order valence-corrected chi connectivity index (χ0v) is 11.2. The Kier molecular flexibility index (Phi) is 5.55. The summed E-state index contributed by atoms with van der Waals surface area (Å²) in [5, 5.41) is 0. The topological polar surface area (TPSA) is 71.1 Å². The van der Waals surface area contributed by atoms with Gasteiger partial charge in [0.15, 0.2) is 0 Å². The predicted octanol–water partition coefficient (Wildman–Crippen LogP) is 0.879. The van der Waals surface area contributed by atoms with Crippen LogP contribution in [0.4, 0.5) is 0 Å². The molecule has 6 nitrogen and oxygen atoms in total. The van der Waals surface area contributed by atoms with Crippen molar-refractivity contribution in [1.29, 1.82) is 0 Å². The Hall–Kier alpha value is -1.14. The highest BCUT2D eigenvalue weighted by molar-refractivity contribution is 5.66. The van der Waals surface area contributed by atoms with Crippen LogP contribution in [0.25, 0.3) is 0 Å². The van der Waals surface area contributed by atoms with Crippen molar-refractivity contribution >= 4 is 11.9 Å². The second kappa shape index (κ2) is 6.70. The fourth-order valence-electron chi connectivity index (χ4n) is 1.95. The SMILES string of the molecule is CO[C@@H]1CC(COC(C)=O)O[C@H](OC(C)=O)C1C. The smallest absolute Gasteiger partial charge is 0.304 e. The summed E-state index contributed by atoms with van der Waals surface area (Å²) in [5.74, 6) is -0.836. The van der Waals surface area contributed by atoms with Crippen molar-refractivity contribution in [2.24, 2.45) is 5.92 Å². The first-order valence-corrected chi connectivity index (χ1v) is 5.92. The van der Waals surface area contributed by atoms with Gasteiger partial charge in [0.05, 0.1) is 12.2 Å². The summed E-state index contributed by atoms with van der Waals surface area (Å²) in [6.45, 7) is 4.69. The van der Waals surface area contributed by atoms with E-state index in [2.05, 4.69) is 0 Å². The Labute approximate surface area is 107 Å². The summed E-state index contributed by atoms with van der Waals surface area (Å²) in [6, 6.07) is 0. The molecule has 0 aliphatic carbocycles. The van der Waals surface area contributed by atoms with Crippen molar-refractivity contribution in [2.75, 3.05) is 13.7 Å². The van der Waals surface area contributed by atoms with Gasteiger partial charge in [-0.1, -0.05) is 6.92 Å². The Balaban J connectivity index is 2.61. The molecule has 1 aliphatic rings. The van der Waals surface area contributed by atoms with Crippen molar-refractivity contribution in [2.45, 2.75) is 45.7 Å². The van der Waals surface area contributed by atoms with Gasteiger partial charge >= 0.3 is 11.9 Å². The molecule has 104 valence electrons. The average Bonchev–Trinajstić information content (AvgIpc) is 2.29. The monoisotopic (exact) mass is 260 g/mol. The number of esters is 2. The van der Waals surface area contributed by atoms with E-state index >= 15 is 0 Å². The number of rotatable bonds is 4. The normalized spacial score (nSPS) is 31.8. The van der Waals surface area contributed by atoms with Crippen molar-refractivity contribution in [1.82, 2.24) is 0 Å². The Morgan fingerprint density at radius 2 is 1.94 bits per heavy atom. The van der Waals surface area contributed by atoms with Gasteiger partial charge in [-0.3, -0.25) is 9.59 Å². The molecule has 18 heavy (non-hydrogen) atoms. The first-order chi connectivity index (χ1) is 8.43. The highest BCUT2D eigenvalue weighted by Crippen LogP contribution is 2.28. The fraction of sp³-hybridized carbons (Fsp3) is 0.833. The van der Waals surface area contributed by atoms with Gasteiger partial charge in [-0.15, -0.1) is 0 Å². The van der Waals surface area contributed by atoms with Crippen LogP contribution in [0.3, 0.4) is 0 Å². The quantitative estimate of drug-likeness (QED) is 0.699. The fourth-order valence-corrected chi connectivity index (χ4v) is 1.95. The summed E-state index contributed by atoms with van der Waals surface area (Å²) >= 11 is 0. The maximum atomic E-state index is 11.0. The number of ether oxygens (including phenoxy) is 4. The zero-order valence-electron chi connectivity index (χ0n) is 11.2. The van der Waals surface area contributed by atoms with Crippen LogP contribution in [-0.2, 0) is 28.5 Å². The largest absolute Gasteiger partial charge is 0.463 e. The van der Waals surface area contributed by atoms with E-state index in [-0.39, 0.29) is 30.7 Å². The lowest BCUT2D eigenvalue weighted by Gasteiger charge is -2.38. The van der Waals surface area contributed by atoms with Crippen LogP contribution in [0.5, 0.6) is 0 Å². The zero-order chi connectivity index (χ0) is 13.7. The molecule has 0 radical (unpaired) electrons. The van der Waals surface area contributed by atoms with Gasteiger partial charge in [-0.25, -0.2) is 0 Å². The predicted molar refractivity (Wildman–Crippen MR) is 61.6 cm³/mol. The van der Waals surface area contributed by atoms with Crippen LogP contribution < -0.4 is 0 Å². The van der Waals surface area contributed by atoms with E-state index in [0.717, 1.165) is 0 Å². The molecule has 0 bridgehead atoms. The van der Waals surface area contributed by atoms with Crippen LogP contribution >= 0.6 is 0 Å². The van der Waals surface area contributed by atoms with Crippen LogP contribution in [-0.4, -0.2) is 44.2 Å². The Bertz CT molecular complexity index is 303. The lowest BCUT2D eigenvalue weighted by atomic mass is 9.95. The average molecular weight is 260 g/mol. The van der Waals surface area contributed by atoms with E-state index in [4.69, 9.17) is 18.9 Å². The summed E-state index contributed by atoms with van der Waals surface area (Å²) in [7, 11) is 1.60. The summed E-state index contributed by atoms with van der Waals surface area (Å²) < 4.78 is 20.9. The van der Waals surface area contributed by atoms with Crippen molar-refractivity contribution in [3.05, 3.63) is 0 Å². The minimum absolute atomic E-state index is 0.0625. The Morgan fingerprint density at radius 1 is 1.28 bits per heavy atom. The molecular weight excluding hydrogens is 240 g/mol. The number of hydrogen-bond donors (Lipinski definition) is 0. The van der Waals surface area contributed by atoms with Gasteiger partial charge < -0.3 is 18.9 Å². The molecule has 1 heterocycles. The lowest BCUT2D eigenvalue weighted by Crippen LogP contribution is -2.47. The van der Waals surface area contributed by atoms with Gasteiger partial charge in [0.25, 0.3) is 0 Å². The molecule has 0 aromatic heterocycles.